The molecule has 9 nitrogen and oxygen atoms in total. The van der Waals surface area contributed by atoms with Gasteiger partial charge in [-0.1, -0.05) is 5.16 Å². The number of aromatic nitrogens is 1. The largest absolute Gasteiger partial charge is 0.492 e. The number of ether oxygens (including phenoxy) is 1. The molecule has 1 aromatic heterocycles. The number of pyridine rings is 1. The van der Waals surface area contributed by atoms with Gasteiger partial charge in [0.25, 0.3) is 0 Å². The van der Waals surface area contributed by atoms with E-state index < -0.39 is 22.8 Å². The molecule has 1 aliphatic heterocycles. The summed E-state index contributed by atoms with van der Waals surface area (Å²) >= 11 is 0. The second kappa shape index (κ2) is 8.09. The standard InChI is InChI=1S/C22H27FN4O5/c1-22(24-2)7-8-26(11-16(22)25-32-4)18-15(23)9-13-17(20(18)31-3)27(12-5-6-12)10-14(19(13)28)21(29)30/h9-10,12,24H,5-8,11H2,1-4H3,(H,29,30)/b25-16+. The lowest BCUT2D eigenvalue weighted by Crippen LogP contribution is -2.58. The van der Waals surface area contributed by atoms with Gasteiger partial charge in [-0.2, -0.15) is 0 Å². The Kier molecular flexibility index (Phi) is 5.58. The van der Waals surface area contributed by atoms with Crippen LogP contribution in [-0.2, 0) is 4.84 Å². The molecule has 0 bridgehead atoms. The van der Waals surface area contributed by atoms with Crippen molar-refractivity contribution in [3.63, 3.8) is 0 Å². The molecule has 172 valence electrons. The predicted molar refractivity (Wildman–Crippen MR) is 119 cm³/mol. The molecule has 0 amide bonds. The normalized spacial score (nSPS) is 22.4. The van der Waals surface area contributed by atoms with Crippen LogP contribution in [0.1, 0.15) is 42.6 Å². The van der Waals surface area contributed by atoms with E-state index in [0.717, 1.165) is 18.9 Å². The van der Waals surface area contributed by atoms with Crippen LogP contribution in [0.4, 0.5) is 10.1 Å². The van der Waals surface area contributed by atoms with Crippen LogP contribution in [0.2, 0.25) is 0 Å². The molecule has 1 saturated heterocycles. The number of anilines is 1. The summed E-state index contributed by atoms with van der Waals surface area (Å²) in [5.74, 6) is -1.77. The molecule has 1 aromatic carbocycles. The van der Waals surface area contributed by atoms with Crippen molar-refractivity contribution in [1.29, 1.82) is 0 Å². The molecule has 2 aliphatic rings. The number of carboxylic acids is 1. The van der Waals surface area contributed by atoms with E-state index in [1.807, 2.05) is 18.9 Å². The van der Waals surface area contributed by atoms with Crippen LogP contribution in [0.15, 0.2) is 22.2 Å². The van der Waals surface area contributed by atoms with Crippen molar-refractivity contribution in [2.75, 3.05) is 39.3 Å². The summed E-state index contributed by atoms with van der Waals surface area (Å²) in [5.41, 5.74) is -0.171. The fraction of sp³-hybridized carbons (Fsp3) is 0.500. The molecule has 1 unspecified atom stereocenters. The number of nitrogens with one attached hydrogen (secondary N) is 1. The van der Waals surface area contributed by atoms with E-state index in [1.54, 1.807) is 4.57 Å². The number of rotatable bonds is 6. The maximum absolute atomic E-state index is 15.5. The number of methoxy groups -OCH3 is 1. The van der Waals surface area contributed by atoms with E-state index in [2.05, 4.69) is 10.5 Å². The number of carbonyl (C=O) groups is 1. The molecule has 0 spiro atoms. The SMILES string of the molecule is CNC1(C)CCN(c2c(F)cc3c(=O)c(C(=O)O)cn(C4CC4)c3c2OC)C/C1=N\OC. The fourth-order valence-corrected chi connectivity index (χ4v) is 4.36. The zero-order valence-corrected chi connectivity index (χ0v) is 18.6. The molecule has 2 aromatic rings. The number of hydrogen-bond acceptors (Lipinski definition) is 7. The third kappa shape index (κ3) is 3.48. The Labute approximate surface area is 184 Å². The quantitative estimate of drug-likeness (QED) is 0.657. The van der Waals surface area contributed by atoms with Crippen molar-refractivity contribution in [2.45, 2.75) is 37.8 Å². The maximum atomic E-state index is 15.5. The number of benzene rings is 1. The zero-order valence-electron chi connectivity index (χ0n) is 18.6. The van der Waals surface area contributed by atoms with Gasteiger partial charge in [-0.25, -0.2) is 9.18 Å². The van der Waals surface area contributed by atoms with Crippen LogP contribution in [0, 0.1) is 5.82 Å². The lowest BCUT2D eigenvalue weighted by atomic mass is 9.87. The van der Waals surface area contributed by atoms with Crippen molar-refractivity contribution in [3.05, 3.63) is 33.9 Å². The highest BCUT2D eigenvalue weighted by Crippen LogP contribution is 2.44. The second-order valence-corrected chi connectivity index (χ2v) is 8.43. The van der Waals surface area contributed by atoms with Crippen molar-refractivity contribution in [3.8, 4) is 5.75 Å². The van der Waals surface area contributed by atoms with Gasteiger partial charge in [-0.3, -0.25) is 4.79 Å². The molecule has 10 heteroatoms. The Morgan fingerprint density at radius 2 is 2.09 bits per heavy atom. The topological polar surface area (TPSA) is 105 Å². The van der Waals surface area contributed by atoms with Gasteiger partial charge in [0.1, 0.15) is 18.4 Å². The van der Waals surface area contributed by atoms with Crippen LogP contribution >= 0.6 is 0 Å². The smallest absolute Gasteiger partial charge is 0.341 e. The number of piperidine rings is 1. The minimum atomic E-state index is -1.34. The zero-order chi connectivity index (χ0) is 23.2. The Bertz CT molecular complexity index is 1170. The van der Waals surface area contributed by atoms with Gasteiger partial charge in [-0.15, -0.1) is 0 Å². The van der Waals surface area contributed by atoms with Crippen LogP contribution < -0.4 is 20.4 Å². The first kappa shape index (κ1) is 22.1. The van der Waals surface area contributed by atoms with Gasteiger partial charge in [0.15, 0.2) is 11.6 Å². The Hall–Kier alpha value is -3.14. The molecule has 0 radical (unpaired) electrons. The number of hydrogen-bond donors (Lipinski definition) is 2. The van der Waals surface area contributed by atoms with E-state index in [9.17, 15) is 14.7 Å². The Morgan fingerprint density at radius 1 is 1.38 bits per heavy atom. The minimum Gasteiger partial charge on any atom is -0.492 e. The molecule has 1 atom stereocenters. The third-order valence-electron chi connectivity index (χ3n) is 6.50. The molecule has 2 N–H and O–H groups in total. The van der Waals surface area contributed by atoms with E-state index in [4.69, 9.17) is 9.57 Å². The van der Waals surface area contributed by atoms with Gasteiger partial charge in [0, 0.05) is 18.8 Å². The summed E-state index contributed by atoms with van der Waals surface area (Å²) in [4.78, 5) is 31.3. The minimum absolute atomic E-state index is 0.00208. The maximum Gasteiger partial charge on any atom is 0.341 e. The van der Waals surface area contributed by atoms with Crippen molar-refractivity contribution < 1.29 is 23.9 Å². The van der Waals surface area contributed by atoms with Gasteiger partial charge in [0.05, 0.1) is 35.8 Å². The van der Waals surface area contributed by atoms with Gasteiger partial charge in [-0.05, 0) is 39.3 Å². The first-order valence-corrected chi connectivity index (χ1v) is 10.5. The number of nitrogens with zero attached hydrogens (tertiary/aromatic N) is 3. The van der Waals surface area contributed by atoms with Crippen molar-refractivity contribution >= 4 is 28.3 Å². The first-order chi connectivity index (χ1) is 15.3. The van der Waals surface area contributed by atoms with E-state index in [0.29, 0.717) is 30.7 Å². The molecular weight excluding hydrogens is 419 g/mol. The Morgan fingerprint density at radius 3 is 2.66 bits per heavy atom. The first-order valence-electron chi connectivity index (χ1n) is 10.5. The molecule has 2 fully saturated rings. The third-order valence-corrected chi connectivity index (χ3v) is 6.50. The molecule has 2 heterocycles. The second-order valence-electron chi connectivity index (χ2n) is 8.43. The molecule has 1 saturated carbocycles. The van der Waals surface area contributed by atoms with E-state index in [1.165, 1.54) is 20.4 Å². The highest BCUT2D eigenvalue weighted by atomic mass is 19.1. The summed E-state index contributed by atoms with van der Waals surface area (Å²) in [7, 11) is 4.73. The number of halogens is 1. The van der Waals surface area contributed by atoms with Crippen LogP contribution in [0.5, 0.6) is 5.75 Å². The average molecular weight is 446 g/mol. The highest BCUT2D eigenvalue weighted by Gasteiger charge is 2.38. The van der Waals surface area contributed by atoms with Gasteiger partial charge >= 0.3 is 5.97 Å². The lowest BCUT2D eigenvalue weighted by Gasteiger charge is -2.41. The van der Waals surface area contributed by atoms with Crippen molar-refractivity contribution in [1.82, 2.24) is 9.88 Å². The van der Waals surface area contributed by atoms with Gasteiger partial charge in [0.2, 0.25) is 5.43 Å². The van der Waals surface area contributed by atoms with E-state index >= 15 is 4.39 Å². The number of oxime groups is 1. The fourth-order valence-electron chi connectivity index (χ4n) is 4.36. The van der Waals surface area contributed by atoms with Gasteiger partial charge < -0.3 is 29.5 Å². The average Bonchev–Trinajstić information content (AvgIpc) is 3.60. The summed E-state index contributed by atoms with van der Waals surface area (Å²) in [6.45, 7) is 2.82. The number of fused-ring (bicyclic) bond motifs is 1. The monoisotopic (exact) mass is 446 g/mol. The van der Waals surface area contributed by atoms with E-state index in [-0.39, 0.29) is 28.4 Å². The highest BCUT2D eigenvalue weighted by molar-refractivity contribution is 6.00. The van der Waals surface area contributed by atoms with Crippen LogP contribution in [-0.4, -0.2) is 61.3 Å². The summed E-state index contributed by atoms with van der Waals surface area (Å²) < 4.78 is 22.9. The summed E-state index contributed by atoms with van der Waals surface area (Å²) in [5, 5.41) is 16.9. The Balaban J connectivity index is 1.94. The molecule has 1 aliphatic carbocycles. The number of carboxylic acid groups (broad SMARTS) is 1. The summed E-state index contributed by atoms with van der Waals surface area (Å²) in [6.07, 6.45) is 3.68. The van der Waals surface area contributed by atoms with Crippen LogP contribution in [0.3, 0.4) is 0 Å². The molecule has 32 heavy (non-hydrogen) atoms. The summed E-state index contributed by atoms with van der Waals surface area (Å²) in [6, 6.07) is 1.17. The molecule has 4 rings (SSSR count). The van der Waals surface area contributed by atoms with Crippen LogP contribution in [0.25, 0.3) is 10.9 Å². The number of aromatic carboxylic acids is 1. The molecular formula is C22H27FN4O5. The lowest BCUT2D eigenvalue weighted by molar-refractivity contribution is 0.0695. The predicted octanol–water partition coefficient (Wildman–Crippen LogP) is 2.37. The van der Waals surface area contributed by atoms with Crippen molar-refractivity contribution in [2.24, 2.45) is 5.16 Å².